The van der Waals surface area contributed by atoms with Gasteiger partial charge in [0.15, 0.2) is 5.78 Å². The summed E-state index contributed by atoms with van der Waals surface area (Å²) in [6.07, 6.45) is 0. The fourth-order valence-corrected chi connectivity index (χ4v) is 3.25. The van der Waals surface area contributed by atoms with E-state index in [4.69, 9.17) is 15.2 Å². The molecule has 0 bridgehead atoms. The van der Waals surface area contributed by atoms with E-state index >= 15 is 0 Å². The fourth-order valence-electron chi connectivity index (χ4n) is 1.85. The Balaban J connectivity index is 2.42. The molecule has 1 heterocycles. The maximum atomic E-state index is 12.5. The van der Waals surface area contributed by atoms with Crippen LogP contribution in [-0.2, 0) is 0 Å². The van der Waals surface area contributed by atoms with Crippen LogP contribution < -0.4 is 15.2 Å². The Kier molecular flexibility index (Phi) is 4.80. The first-order valence-electron chi connectivity index (χ1n) is 5.83. The number of carbonyl (C=O) groups is 1. The second-order valence-corrected chi connectivity index (χ2v) is 5.79. The largest absolute Gasteiger partial charge is 0.495 e. The van der Waals surface area contributed by atoms with E-state index in [1.165, 1.54) is 18.4 Å². The minimum Gasteiger partial charge on any atom is -0.495 e. The molecule has 106 valence electrons. The normalized spacial score (nSPS) is 12.0. The van der Waals surface area contributed by atoms with Gasteiger partial charge in [0.2, 0.25) is 0 Å². The summed E-state index contributed by atoms with van der Waals surface area (Å²) < 4.78 is 11.1. The molecule has 0 radical (unpaired) electrons. The highest BCUT2D eigenvalue weighted by molar-refractivity contribution is 9.10. The number of hydrogen-bond donors (Lipinski definition) is 1. The number of Topliss-reactive ketones (excluding diaryl/α,β-unsaturated/α-hetero) is 1. The molecule has 1 aromatic carbocycles. The molecule has 0 aliphatic heterocycles. The van der Waals surface area contributed by atoms with E-state index in [0.29, 0.717) is 21.5 Å². The van der Waals surface area contributed by atoms with Gasteiger partial charge in [0.1, 0.15) is 22.0 Å². The van der Waals surface area contributed by atoms with Gasteiger partial charge >= 0.3 is 0 Å². The van der Waals surface area contributed by atoms with Gasteiger partial charge in [0.05, 0.1) is 19.8 Å². The van der Waals surface area contributed by atoms with Gasteiger partial charge in [0.25, 0.3) is 0 Å². The number of halogens is 1. The molecule has 0 saturated heterocycles. The van der Waals surface area contributed by atoms with Crippen LogP contribution in [0.4, 0.5) is 0 Å². The highest BCUT2D eigenvalue weighted by atomic mass is 79.9. The van der Waals surface area contributed by atoms with Gasteiger partial charge < -0.3 is 15.2 Å². The summed E-state index contributed by atoms with van der Waals surface area (Å²) in [5, 5.41) is 1.89. The maximum Gasteiger partial charge on any atom is 0.188 e. The lowest BCUT2D eigenvalue weighted by Gasteiger charge is -2.15. The van der Waals surface area contributed by atoms with Crippen molar-refractivity contribution in [1.82, 2.24) is 0 Å². The topological polar surface area (TPSA) is 61.5 Å². The molecule has 1 unspecified atom stereocenters. The lowest BCUT2D eigenvalue weighted by Crippen LogP contribution is -2.21. The zero-order chi connectivity index (χ0) is 14.7. The van der Waals surface area contributed by atoms with Crippen LogP contribution >= 0.6 is 27.3 Å². The van der Waals surface area contributed by atoms with Crippen molar-refractivity contribution in [2.75, 3.05) is 14.2 Å². The number of thiophene rings is 1. The zero-order valence-corrected chi connectivity index (χ0v) is 13.5. The molecule has 2 N–H and O–H groups in total. The highest BCUT2D eigenvalue weighted by Gasteiger charge is 2.24. The minimum absolute atomic E-state index is 0.187. The molecule has 1 aromatic heterocycles. The van der Waals surface area contributed by atoms with E-state index < -0.39 is 6.04 Å². The van der Waals surface area contributed by atoms with Crippen LogP contribution in [0.3, 0.4) is 0 Å². The summed E-state index contributed by atoms with van der Waals surface area (Å²) in [5.41, 5.74) is 6.45. The van der Waals surface area contributed by atoms with E-state index in [9.17, 15) is 4.79 Å². The molecule has 2 aromatic rings. The van der Waals surface area contributed by atoms with Gasteiger partial charge in [-0.15, -0.1) is 11.3 Å². The number of ether oxygens (including phenoxy) is 2. The molecular formula is C14H14BrNO3S. The third-order valence-corrected chi connectivity index (χ3v) is 4.59. The van der Waals surface area contributed by atoms with E-state index in [1.54, 1.807) is 19.2 Å². The predicted octanol–water partition coefficient (Wildman–Crippen LogP) is 3.41. The summed E-state index contributed by atoms with van der Waals surface area (Å²) in [6, 6.07) is 6.40. The Bertz CT molecular complexity index is 613. The molecule has 0 aliphatic carbocycles. The van der Waals surface area contributed by atoms with Crippen molar-refractivity contribution >= 4 is 33.0 Å². The van der Waals surface area contributed by atoms with Crippen molar-refractivity contribution in [2.24, 2.45) is 5.73 Å². The molecule has 0 saturated carbocycles. The van der Waals surface area contributed by atoms with Crippen LogP contribution in [0.2, 0.25) is 0 Å². The van der Waals surface area contributed by atoms with Crippen LogP contribution in [0.1, 0.15) is 21.3 Å². The third-order valence-electron chi connectivity index (χ3n) is 2.88. The molecular weight excluding hydrogens is 342 g/mol. The van der Waals surface area contributed by atoms with E-state index in [1.807, 2.05) is 17.5 Å². The zero-order valence-electron chi connectivity index (χ0n) is 11.1. The smallest absolute Gasteiger partial charge is 0.188 e. The van der Waals surface area contributed by atoms with Crippen molar-refractivity contribution in [3.8, 4) is 11.5 Å². The lowest BCUT2D eigenvalue weighted by atomic mass is 10.0. The number of nitrogens with two attached hydrogens (primary N) is 1. The van der Waals surface area contributed by atoms with Gasteiger partial charge in [0, 0.05) is 4.88 Å². The number of carbonyl (C=O) groups excluding carboxylic acids is 1. The average Bonchev–Trinajstić information content (AvgIpc) is 2.99. The molecule has 0 fully saturated rings. The van der Waals surface area contributed by atoms with Gasteiger partial charge in [-0.25, -0.2) is 0 Å². The van der Waals surface area contributed by atoms with Crippen LogP contribution in [0.25, 0.3) is 0 Å². The molecule has 20 heavy (non-hydrogen) atoms. The number of hydrogen-bond acceptors (Lipinski definition) is 5. The van der Waals surface area contributed by atoms with Crippen molar-refractivity contribution in [3.05, 3.63) is 44.6 Å². The van der Waals surface area contributed by atoms with Gasteiger partial charge in [-0.1, -0.05) is 6.07 Å². The number of rotatable bonds is 5. The molecule has 1 atom stereocenters. The van der Waals surface area contributed by atoms with Crippen LogP contribution in [0.15, 0.2) is 34.1 Å². The van der Waals surface area contributed by atoms with Crippen LogP contribution in [0, 0.1) is 0 Å². The number of ketones is 1. The van der Waals surface area contributed by atoms with Gasteiger partial charge in [-0.2, -0.15) is 0 Å². The first kappa shape index (κ1) is 15.0. The Morgan fingerprint density at radius 2 is 2.05 bits per heavy atom. The second kappa shape index (κ2) is 6.39. The number of methoxy groups -OCH3 is 2. The van der Waals surface area contributed by atoms with Crippen molar-refractivity contribution in [2.45, 2.75) is 6.04 Å². The van der Waals surface area contributed by atoms with Crippen molar-refractivity contribution in [1.29, 1.82) is 0 Å². The fraction of sp³-hybridized carbons (Fsp3) is 0.214. The summed E-state index contributed by atoms with van der Waals surface area (Å²) in [4.78, 5) is 13.3. The molecule has 4 nitrogen and oxygen atoms in total. The van der Waals surface area contributed by atoms with Crippen LogP contribution in [0.5, 0.6) is 11.5 Å². The highest BCUT2D eigenvalue weighted by Crippen LogP contribution is 2.38. The molecule has 0 aliphatic rings. The van der Waals surface area contributed by atoms with Gasteiger partial charge in [-0.05, 0) is 39.5 Å². The quantitative estimate of drug-likeness (QED) is 0.834. The van der Waals surface area contributed by atoms with E-state index in [2.05, 4.69) is 15.9 Å². The summed E-state index contributed by atoms with van der Waals surface area (Å²) in [6.45, 7) is 0. The molecule has 6 heteroatoms. The van der Waals surface area contributed by atoms with Crippen LogP contribution in [-0.4, -0.2) is 20.0 Å². The van der Waals surface area contributed by atoms with E-state index in [-0.39, 0.29) is 5.78 Å². The third kappa shape index (κ3) is 2.72. The van der Waals surface area contributed by atoms with Crippen molar-refractivity contribution in [3.63, 3.8) is 0 Å². The summed E-state index contributed by atoms with van der Waals surface area (Å²) >= 11 is 4.83. The lowest BCUT2D eigenvalue weighted by molar-refractivity contribution is 0.0959. The summed E-state index contributed by atoms with van der Waals surface area (Å²) in [7, 11) is 3.06. The molecule has 0 amide bonds. The van der Waals surface area contributed by atoms with E-state index in [0.717, 1.165) is 4.88 Å². The second-order valence-electron chi connectivity index (χ2n) is 4.02. The summed E-state index contributed by atoms with van der Waals surface area (Å²) in [5.74, 6) is 0.845. The standard InChI is InChI=1S/C14H14BrNO3S/c1-18-9-6-5-8(14(19-2)11(9)15)13(17)12(16)10-4-3-7-20-10/h3-7,12H,16H2,1-2H3. The van der Waals surface area contributed by atoms with Gasteiger partial charge in [-0.3, -0.25) is 4.79 Å². The Morgan fingerprint density at radius 1 is 1.30 bits per heavy atom. The number of benzene rings is 1. The Morgan fingerprint density at radius 3 is 2.60 bits per heavy atom. The molecule has 0 spiro atoms. The SMILES string of the molecule is COc1ccc(C(=O)C(N)c2cccs2)c(OC)c1Br. The maximum absolute atomic E-state index is 12.5. The van der Waals surface area contributed by atoms with Crippen molar-refractivity contribution < 1.29 is 14.3 Å². The molecule has 2 rings (SSSR count). The Hall–Kier alpha value is -1.37. The Labute approximate surface area is 129 Å². The average molecular weight is 356 g/mol. The monoisotopic (exact) mass is 355 g/mol. The minimum atomic E-state index is -0.691. The predicted molar refractivity (Wildman–Crippen MR) is 82.8 cm³/mol. The first-order chi connectivity index (χ1) is 9.60. The first-order valence-corrected chi connectivity index (χ1v) is 7.51.